The summed E-state index contributed by atoms with van der Waals surface area (Å²) < 4.78 is 0. The molecule has 0 unspecified atom stereocenters. The highest BCUT2D eigenvalue weighted by Crippen LogP contribution is 2.30. The van der Waals surface area contributed by atoms with Crippen LogP contribution >= 0.6 is 11.6 Å². The Morgan fingerprint density at radius 3 is 2.73 bits per heavy atom. The maximum atomic E-state index is 13.0. The van der Waals surface area contributed by atoms with Crippen molar-refractivity contribution in [1.82, 2.24) is 9.88 Å². The number of aromatic amines is 1. The lowest BCUT2D eigenvalue weighted by atomic mass is 9.96. The summed E-state index contributed by atoms with van der Waals surface area (Å²) in [6.07, 6.45) is 10.7. The number of fused-ring (bicyclic) bond motifs is 1. The third-order valence-corrected chi connectivity index (χ3v) is 6.23. The molecule has 0 saturated heterocycles. The van der Waals surface area contributed by atoms with Crippen LogP contribution < -0.4 is 0 Å². The number of ketones is 1. The molecule has 1 aromatic heterocycles. The second-order valence-corrected chi connectivity index (χ2v) is 8.58. The van der Waals surface area contributed by atoms with Gasteiger partial charge in [-0.2, -0.15) is 0 Å². The average molecular weight is 421 g/mol. The van der Waals surface area contributed by atoms with Crippen LogP contribution in [0, 0.1) is 0 Å². The second-order valence-electron chi connectivity index (χ2n) is 8.14. The lowest BCUT2D eigenvalue weighted by Crippen LogP contribution is -2.29. The van der Waals surface area contributed by atoms with Gasteiger partial charge in [-0.25, -0.2) is 0 Å². The first-order valence-electron chi connectivity index (χ1n) is 11.0. The van der Waals surface area contributed by atoms with Crippen LogP contribution in [0.15, 0.2) is 54.7 Å². The Hall–Kier alpha value is -2.36. The number of carbonyl (C=O) groups excluding carboxylic acids is 1. The molecule has 3 nitrogen and oxygen atoms in total. The van der Waals surface area contributed by atoms with Gasteiger partial charge in [0.05, 0.1) is 0 Å². The maximum absolute atomic E-state index is 13.0. The summed E-state index contributed by atoms with van der Waals surface area (Å²) in [4.78, 5) is 18.9. The van der Waals surface area contributed by atoms with Gasteiger partial charge in [0, 0.05) is 51.9 Å². The van der Waals surface area contributed by atoms with E-state index in [-0.39, 0.29) is 5.78 Å². The molecule has 0 spiro atoms. The Balaban J connectivity index is 1.52. The first kappa shape index (κ1) is 20.9. The van der Waals surface area contributed by atoms with E-state index in [1.165, 1.54) is 43.4 Å². The van der Waals surface area contributed by atoms with Gasteiger partial charge in [0.15, 0.2) is 5.78 Å². The maximum Gasteiger partial charge on any atom is 0.193 e. The number of hydrogen-bond acceptors (Lipinski definition) is 2. The summed E-state index contributed by atoms with van der Waals surface area (Å²) in [5.41, 5.74) is 4.97. The number of aromatic nitrogens is 1. The largest absolute Gasteiger partial charge is 0.361 e. The lowest BCUT2D eigenvalue weighted by Gasteiger charge is -2.26. The Morgan fingerprint density at radius 2 is 1.97 bits per heavy atom. The number of unbranched alkanes of at least 4 members (excludes halogenated alkanes) is 3. The first-order chi connectivity index (χ1) is 14.7. The summed E-state index contributed by atoms with van der Waals surface area (Å²) in [6.45, 7) is 5.56. The van der Waals surface area contributed by atoms with Crippen LogP contribution in [0.3, 0.4) is 0 Å². The number of hydrogen-bond donors (Lipinski definition) is 1. The fourth-order valence-electron chi connectivity index (χ4n) is 4.25. The SMILES string of the molecule is CCCCCCN1CC=C(c2c[nH]c3ccc(C(=O)c4cccc(Cl)c4)cc23)CC1. The van der Waals surface area contributed by atoms with E-state index in [1.54, 1.807) is 12.1 Å². The molecule has 0 saturated carbocycles. The van der Waals surface area contributed by atoms with E-state index in [2.05, 4.69) is 29.1 Å². The molecule has 2 heterocycles. The Morgan fingerprint density at radius 1 is 1.10 bits per heavy atom. The van der Waals surface area contributed by atoms with Gasteiger partial charge in [-0.3, -0.25) is 9.69 Å². The smallest absolute Gasteiger partial charge is 0.193 e. The van der Waals surface area contributed by atoms with Gasteiger partial charge in [-0.05, 0) is 55.3 Å². The third kappa shape index (κ3) is 4.69. The highest BCUT2D eigenvalue weighted by Gasteiger charge is 2.17. The van der Waals surface area contributed by atoms with Gasteiger partial charge in [-0.15, -0.1) is 0 Å². The van der Waals surface area contributed by atoms with E-state index in [0.29, 0.717) is 16.1 Å². The number of carbonyl (C=O) groups is 1. The molecule has 0 aliphatic carbocycles. The van der Waals surface area contributed by atoms with E-state index in [1.807, 2.05) is 30.3 Å². The summed E-state index contributed by atoms with van der Waals surface area (Å²) >= 11 is 6.07. The molecule has 30 heavy (non-hydrogen) atoms. The molecule has 0 bridgehead atoms. The molecule has 0 fully saturated rings. The molecule has 1 N–H and O–H groups in total. The Bertz CT molecular complexity index is 1070. The predicted octanol–water partition coefficient (Wildman–Crippen LogP) is 6.72. The highest BCUT2D eigenvalue weighted by molar-refractivity contribution is 6.31. The Kier molecular flexibility index (Phi) is 6.71. The van der Waals surface area contributed by atoms with Crippen molar-refractivity contribution in [2.75, 3.05) is 19.6 Å². The summed E-state index contributed by atoms with van der Waals surface area (Å²) in [6, 6.07) is 13.0. The standard InChI is InChI=1S/C26H29ClN2O/c1-2-3-4-5-13-29-14-11-19(12-15-29)24-18-28-25-10-9-21(17-23(24)25)26(30)20-7-6-8-22(27)16-20/h6-11,16-18,28H,2-5,12-15H2,1H3. The van der Waals surface area contributed by atoms with Crippen molar-refractivity contribution in [3.63, 3.8) is 0 Å². The number of benzene rings is 2. The van der Waals surface area contributed by atoms with Crippen LogP contribution in [0.4, 0.5) is 0 Å². The number of nitrogens with zero attached hydrogens (tertiary/aromatic N) is 1. The molecule has 1 aliphatic heterocycles. The van der Waals surface area contributed by atoms with Crippen LogP contribution in [0.1, 0.15) is 60.5 Å². The van der Waals surface area contributed by atoms with E-state index in [9.17, 15) is 4.79 Å². The monoisotopic (exact) mass is 420 g/mol. The van der Waals surface area contributed by atoms with Crippen LogP contribution in [0.25, 0.3) is 16.5 Å². The molecule has 2 aromatic carbocycles. The number of halogens is 1. The minimum Gasteiger partial charge on any atom is -0.361 e. The minimum atomic E-state index is 0.00225. The highest BCUT2D eigenvalue weighted by atomic mass is 35.5. The van der Waals surface area contributed by atoms with E-state index in [4.69, 9.17) is 11.6 Å². The molecule has 4 heteroatoms. The van der Waals surface area contributed by atoms with Gasteiger partial charge >= 0.3 is 0 Å². The van der Waals surface area contributed by atoms with Crippen molar-refractivity contribution < 1.29 is 4.79 Å². The zero-order chi connectivity index (χ0) is 20.9. The molecule has 3 aromatic rings. The molecule has 0 amide bonds. The number of rotatable bonds is 8. The zero-order valence-corrected chi connectivity index (χ0v) is 18.3. The minimum absolute atomic E-state index is 0.00225. The number of nitrogens with one attached hydrogen (secondary N) is 1. The molecular formula is C26H29ClN2O. The van der Waals surface area contributed by atoms with Crippen LogP contribution in [0.2, 0.25) is 5.02 Å². The summed E-state index contributed by atoms with van der Waals surface area (Å²) in [5.74, 6) is 0.00225. The first-order valence-corrected chi connectivity index (χ1v) is 11.4. The third-order valence-electron chi connectivity index (χ3n) is 6.00. The Labute approximate surface area is 183 Å². The molecule has 1 aliphatic rings. The van der Waals surface area contributed by atoms with Crippen molar-refractivity contribution in [1.29, 1.82) is 0 Å². The van der Waals surface area contributed by atoms with Gasteiger partial charge in [0.25, 0.3) is 0 Å². The summed E-state index contributed by atoms with van der Waals surface area (Å²) in [7, 11) is 0. The van der Waals surface area contributed by atoms with E-state index in [0.717, 1.165) is 30.4 Å². The molecule has 156 valence electrons. The predicted molar refractivity (Wildman–Crippen MR) is 126 cm³/mol. The normalized spacial score (nSPS) is 14.8. The summed E-state index contributed by atoms with van der Waals surface area (Å²) in [5, 5.41) is 1.70. The quantitative estimate of drug-likeness (QED) is 0.324. The van der Waals surface area contributed by atoms with Crippen molar-refractivity contribution in [2.24, 2.45) is 0 Å². The van der Waals surface area contributed by atoms with Crippen molar-refractivity contribution >= 4 is 33.9 Å². The van der Waals surface area contributed by atoms with Crippen LogP contribution in [-0.4, -0.2) is 35.3 Å². The van der Waals surface area contributed by atoms with Crippen molar-refractivity contribution in [3.8, 4) is 0 Å². The van der Waals surface area contributed by atoms with Crippen molar-refractivity contribution in [2.45, 2.75) is 39.0 Å². The fourth-order valence-corrected chi connectivity index (χ4v) is 4.44. The molecule has 4 rings (SSSR count). The van der Waals surface area contributed by atoms with Crippen LogP contribution in [0.5, 0.6) is 0 Å². The van der Waals surface area contributed by atoms with Crippen LogP contribution in [-0.2, 0) is 0 Å². The van der Waals surface area contributed by atoms with E-state index < -0.39 is 0 Å². The van der Waals surface area contributed by atoms with Gasteiger partial charge in [0.1, 0.15) is 0 Å². The fraction of sp³-hybridized carbons (Fsp3) is 0.346. The number of H-pyrrole nitrogens is 1. The van der Waals surface area contributed by atoms with E-state index >= 15 is 0 Å². The molecular weight excluding hydrogens is 392 g/mol. The lowest BCUT2D eigenvalue weighted by molar-refractivity contribution is 0.103. The van der Waals surface area contributed by atoms with Crippen molar-refractivity contribution in [3.05, 3.63) is 76.5 Å². The zero-order valence-electron chi connectivity index (χ0n) is 17.6. The second kappa shape index (κ2) is 9.63. The van der Waals surface area contributed by atoms with Gasteiger partial charge in [0.2, 0.25) is 0 Å². The van der Waals surface area contributed by atoms with Gasteiger partial charge < -0.3 is 4.98 Å². The van der Waals surface area contributed by atoms with Gasteiger partial charge in [-0.1, -0.05) is 56.0 Å². The average Bonchev–Trinajstić information content (AvgIpc) is 3.20. The topological polar surface area (TPSA) is 36.1 Å². The molecule has 0 atom stereocenters. The molecule has 0 radical (unpaired) electrons.